The molecule has 2 rings (SSSR count). The topological polar surface area (TPSA) is 29.3 Å². The first-order valence-electron chi connectivity index (χ1n) is 5.17. The van der Waals surface area contributed by atoms with E-state index in [1.807, 2.05) is 73.8 Å². The minimum absolute atomic E-state index is 1.08. The van der Waals surface area contributed by atoms with Crippen LogP contribution in [0, 0.1) is 13.1 Å². The van der Waals surface area contributed by atoms with E-state index in [4.69, 9.17) is 5.84 Å². The molecule has 0 fully saturated rings. The van der Waals surface area contributed by atoms with Crippen molar-refractivity contribution >= 4 is 0 Å². The molecule has 0 atom stereocenters. The average Bonchev–Trinajstić information content (AvgIpc) is 2.31. The summed E-state index contributed by atoms with van der Waals surface area (Å²) in [7, 11) is 0. The van der Waals surface area contributed by atoms with Crippen molar-refractivity contribution in [3.63, 3.8) is 0 Å². The van der Waals surface area contributed by atoms with E-state index in [9.17, 15) is 0 Å². The Balaban J connectivity index is 1.92. The molecule has 0 saturated carbocycles. The maximum atomic E-state index is 5.86. The molecular weight excluding hydrogens is 196 g/mol. The van der Waals surface area contributed by atoms with Gasteiger partial charge in [-0.3, -0.25) is 5.84 Å². The van der Waals surface area contributed by atoms with Crippen molar-refractivity contribution in [2.24, 2.45) is 5.84 Å². The van der Waals surface area contributed by atoms with Gasteiger partial charge in [-0.1, -0.05) is 60.7 Å². The van der Waals surface area contributed by atoms with Gasteiger partial charge in [0.1, 0.15) is 0 Å². The van der Waals surface area contributed by atoms with Crippen molar-refractivity contribution in [3.05, 3.63) is 84.9 Å². The summed E-state index contributed by atoms with van der Waals surface area (Å²) >= 11 is 0. The van der Waals surface area contributed by atoms with Crippen molar-refractivity contribution in [2.45, 2.75) is 0 Å². The molecule has 0 heterocycles. The number of hydrogen-bond donors (Lipinski definition) is 1. The van der Waals surface area contributed by atoms with Crippen LogP contribution in [-0.2, 0) is 0 Å². The molecule has 0 saturated heterocycles. The molecular formula is C14H14N2. The maximum Gasteiger partial charge on any atom is 0.0709 e. The Bertz CT molecular complexity index is 370. The van der Waals surface area contributed by atoms with Crippen LogP contribution in [0.15, 0.2) is 60.7 Å². The van der Waals surface area contributed by atoms with Crippen LogP contribution in [0.3, 0.4) is 0 Å². The lowest BCUT2D eigenvalue weighted by Gasteiger charge is -2.14. The Morgan fingerprint density at radius 2 is 1.06 bits per heavy atom. The van der Waals surface area contributed by atoms with E-state index < -0.39 is 0 Å². The van der Waals surface area contributed by atoms with Crippen molar-refractivity contribution < 1.29 is 0 Å². The molecule has 2 aromatic carbocycles. The number of hydrazine groups is 1. The lowest BCUT2D eigenvalue weighted by Crippen LogP contribution is -2.26. The highest BCUT2D eigenvalue weighted by atomic mass is 15.4. The minimum Gasteiger partial charge on any atom is -0.268 e. The first kappa shape index (κ1) is 10.9. The zero-order chi connectivity index (χ0) is 11.2. The fourth-order valence-electron chi connectivity index (χ4n) is 1.46. The van der Waals surface area contributed by atoms with Gasteiger partial charge in [0.05, 0.1) is 13.1 Å². The number of hydrogen-bond acceptors (Lipinski definition) is 2. The summed E-state index contributed by atoms with van der Waals surface area (Å²) in [5, 5.41) is 1.57. The van der Waals surface area contributed by atoms with Gasteiger partial charge in [-0.15, -0.1) is 0 Å². The number of benzene rings is 2. The van der Waals surface area contributed by atoms with Gasteiger partial charge in [-0.05, 0) is 11.1 Å². The second-order valence-electron chi connectivity index (χ2n) is 3.53. The van der Waals surface area contributed by atoms with Gasteiger partial charge in [0, 0.05) is 0 Å². The van der Waals surface area contributed by atoms with Crippen LogP contribution in [0.5, 0.6) is 0 Å². The van der Waals surface area contributed by atoms with Gasteiger partial charge in [-0.2, -0.15) is 0 Å². The van der Waals surface area contributed by atoms with E-state index in [2.05, 4.69) is 0 Å². The summed E-state index contributed by atoms with van der Waals surface area (Å²) in [6.45, 7) is 3.76. The summed E-state index contributed by atoms with van der Waals surface area (Å²) < 4.78 is 0. The third kappa shape index (κ3) is 3.19. The normalized spacial score (nSPS) is 10.6. The largest absolute Gasteiger partial charge is 0.268 e. The maximum absolute atomic E-state index is 5.86. The zero-order valence-electron chi connectivity index (χ0n) is 8.95. The van der Waals surface area contributed by atoms with E-state index in [-0.39, 0.29) is 0 Å². The van der Waals surface area contributed by atoms with Crippen molar-refractivity contribution in [3.8, 4) is 0 Å². The standard InChI is InChI=1S/C14H14N2/c15-16(11-13-7-3-1-4-8-13)12-14-9-5-2-6-10-14/h1-12H,15H2. The SMILES string of the molecule is NN([CH]c1ccccc1)[CH]c1ccccc1. The van der Waals surface area contributed by atoms with E-state index in [1.54, 1.807) is 5.01 Å². The summed E-state index contributed by atoms with van der Waals surface area (Å²) in [4.78, 5) is 0. The van der Waals surface area contributed by atoms with Crippen molar-refractivity contribution in [2.75, 3.05) is 0 Å². The average molecular weight is 210 g/mol. The Hall–Kier alpha value is -1.64. The minimum atomic E-state index is 1.08. The van der Waals surface area contributed by atoms with Crippen LogP contribution < -0.4 is 5.84 Å². The van der Waals surface area contributed by atoms with Gasteiger partial charge in [-0.25, -0.2) is 5.01 Å². The van der Waals surface area contributed by atoms with Gasteiger partial charge < -0.3 is 0 Å². The molecule has 2 aromatic rings. The number of nitrogens with two attached hydrogens (primary N) is 1. The van der Waals surface area contributed by atoms with E-state index in [0.717, 1.165) is 11.1 Å². The first-order valence-corrected chi connectivity index (χ1v) is 5.17. The molecule has 0 unspecified atom stereocenters. The highest BCUT2D eigenvalue weighted by Crippen LogP contribution is 2.09. The van der Waals surface area contributed by atoms with E-state index in [1.165, 1.54) is 0 Å². The molecule has 0 amide bonds. The predicted molar refractivity (Wildman–Crippen MR) is 65.7 cm³/mol. The lowest BCUT2D eigenvalue weighted by molar-refractivity contribution is 0.453. The second kappa shape index (κ2) is 5.45. The Morgan fingerprint density at radius 3 is 1.44 bits per heavy atom. The van der Waals surface area contributed by atoms with Crippen molar-refractivity contribution in [1.82, 2.24) is 5.01 Å². The molecule has 0 spiro atoms. The Morgan fingerprint density at radius 1 is 0.688 bits per heavy atom. The molecule has 16 heavy (non-hydrogen) atoms. The van der Waals surface area contributed by atoms with Gasteiger partial charge in [0.15, 0.2) is 0 Å². The molecule has 0 bridgehead atoms. The highest BCUT2D eigenvalue weighted by Gasteiger charge is 2.02. The first-order chi connectivity index (χ1) is 7.84. The summed E-state index contributed by atoms with van der Waals surface area (Å²) in [6, 6.07) is 20.0. The summed E-state index contributed by atoms with van der Waals surface area (Å²) in [5.41, 5.74) is 2.16. The zero-order valence-corrected chi connectivity index (χ0v) is 8.95. The molecule has 2 N–H and O–H groups in total. The number of rotatable bonds is 4. The van der Waals surface area contributed by atoms with E-state index >= 15 is 0 Å². The fourth-order valence-corrected chi connectivity index (χ4v) is 1.46. The second-order valence-corrected chi connectivity index (χ2v) is 3.53. The van der Waals surface area contributed by atoms with Crippen molar-refractivity contribution in [1.29, 1.82) is 0 Å². The molecule has 0 aliphatic rings. The van der Waals surface area contributed by atoms with E-state index in [0.29, 0.717) is 0 Å². The summed E-state index contributed by atoms with van der Waals surface area (Å²) in [6.07, 6.45) is 0. The predicted octanol–water partition coefficient (Wildman–Crippen LogP) is 2.58. The van der Waals surface area contributed by atoms with Gasteiger partial charge >= 0.3 is 0 Å². The van der Waals surface area contributed by atoms with Gasteiger partial charge in [0.2, 0.25) is 0 Å². The van der Waals surface area contributed by atoms with Crippen LogP contribution in [0.2, 0.25) is 0 Å². The van der Waals surface area contributed by atoms with Crippen LogP contribution in [0.4, 0.5) is 0 Å². The lowest BCUT2D eigenvalue weighted by atomic mass is 10.2. The highest BCUT2D eigenvalue weighted by molar-refractivity contribution is 5.26. The molecule has 80 valence electrons. The van der Waals surface area contributed by atoms with Gasteiger partial charge in [0.25, 0.3) is 0 Å². The fraction of sp³-hybridized carbons (Fsp3) is 0. The quantitative estimate of drug-likeness (QED) is 0.620. The Labute approximate surface area is 96.3 Å². The van der Waals surface area contributed by atoms with Crippen LogP contribution >= 0.6 is 0 Å². The van der Waals surface area contributed by atoms with Crippen LogP contribution in [0.1, 0.15) is 11.1 Å². The molecule has 0 aliphatic carbocycles. The molecule has 2 heteroatoms. The monoisotopic (exact) mass is 210 g/mol. The Kier molecular flexibility index (Phi) is 3.70. The number of nitrogens with zero attached hydrogens (tertiary/aromatic N) is 1. The molecule has 2 radical (unpaired) electrons. The molecule has 0 aromatic heterocycles. The smallest absolute Gasteiger partial charge is 0.0709 e. The van der Waals surface area contributed by atoms with Crippen LogP contribution in [-0.4, -0.2) is 5.01 Å². The third-order valence-corrected chi connectivity index (χ3v) is 2.20. The summed E-state index contributed by atoms with van der Waals surface area (Å²) in [5.74, 6) is 5.86. The molecule has 2 nitrogen and oxygen atoms in total. The van der Waals surface area contributed by atoms with Crippen LogP contribution in [0.25, 0.3) is 0 Å². The molecule has 0 aliphatic heterocycles. The third-order valence-electron chi connectivity index (χ3n) is 2.20.